The Labute approximate surface area is 218 Å². The first-order chi connectivity index (χ1) is 17.3. The van der Waals surface area contributed by atoms with E-state index in [9.17, 15) is 14.7 Å². The van der Waals surface area contributed by atoms with E-state index < -0.39 is 17.4 Å². The molecule has 0 spiro atoms. The van der Waals surface area contributed by atoms with Crippen molar-refractivity contribution in [1.82, 2.24) is 15.4 Å². The van der Waals surface area contributed by atoms with E-state index in [0.29, 0.717) is 27.5 Å². The van der Waals surface area contributed by atoms with E-state index in [2.05, 4.69) is 29.2 Å². The van der Waals surface area contributed by atoms with Crippen molar-refractivity contribution in [3.8, 4) is 10.6 Å². The molecule has 2 aliphatic rings. The lowest BCUT2D eigenvalue weighted by molar-refractivity contribution is -0.149. The number of aromatic nitrogens is 1. The van der Waals surface area contributed by atoms with Crippen LogP contribution in [0.3, 0.4) is 0 Å². The molecule has 36 heavy (non-hydrogen) atoms. The topological polar surface area (TPSA) is 98.9 Å². The van der Waals surface area contributed by atoms with Crippen molar-refractivity contribution in [2.45, 2.75) is 57.3 Å². The number of aliphatic carboxylic acids is 1. The standard InChI is InChI=1S/C26H29ClN4O4S/c1-16(2)30-11-9-18(10-12-30)28-24(32)26(25(33)34)14-17-5-3-4-6-20(17)31(26)15-19-13-21(35-29-19)22-7-8-23(27)36-22/h3-8,13,16,18H,9-12,14-15H2,1-2H3,(H,28,32)(H,33,34). The molecule has 10 heteroatoms. The van der Waals surface area contributed by atoms with Gasteiger partial charge in [-0.15, -0.1) is 11.3 Å². The quantitative estimate of drug-likeness (QED) is 0.438. The Kier molecular flexibility index (Phi) is 6.80. The summed E-state index contributed by atoms with van der Waals surface area (Å²) < 4.78 is 6.16. The van der Waals surface area contributed by atoms with Crippen molar-refractivity contribution in [3.05, 3.63) is 58.1 Å². The summed E-state index contributed by atoms with van der Waals surface area (Å²) in [5.41, 5.74) is 0.297. The highest BCUT2D eigenvalue weighted by atomic mass is 35.5. The van der Waals surface area contributed by atoms with Crippen molar-refractivity contribution < 1.29 is 19.2 Å². The highest BCUT2D eigenvalue weighted by molar-refractivity contribution is 7.19. The van der Waals surface area contributed by atoms with E-state index >= 15 is 0 Å². The molecule has 1 saturated heterocycles. The Morgan fingerprint density at radius 3 is 2.67 bits per heavy atom. The highest BCUT2D eigenvalue weighted by Crippen LogP contribution is 2.41. The number of thiophene rings is 1. The molecule has 1 aromatic carbocycles. The van der Waals surface area contributed by atoms with E-state index in [1.165, 1.54) is 11.3 Å². The number of hydrogen-bond acceptors (Lipinski definition) is 7. The van der Waals surface area contributed by atoms with Crippen LogP contribution in [0.4, 0.5) is 5.69 Å². The van der Waals surface area contributed by atoms with Gasteiger partial charge in [0, 0.05) is 43.3 Å². The molecule has 2 N–H and O–H groups in total. The summed E-state index contributed by atoms with van der Waals surface area (Å²) in [4.78, 5) is 31.5. The number of carbonyl (C=O) groups excluding carboxylic acids is 1. The van der Waals surface area contributed by atoms with Crippen LogP contribution in [-0.4, -0.2) is 57.8 Å². The molecule has 0 aliphatic carbocycles. The first-order valence-electron chi connectivity index (χ1n) is 12.1. The number of anilines is 1. The normalized spacial score (nSPS) is 20.6. The summed E-state index contributed by atoms with van der Waals surface area (Å²) >= 11 is 7.43. The predicted molar refractivity (Wildman–Crippen MR) is 139 cm³/mol. The number of likely N-dealkylation sites (tertiary alicyclic amines) is 1. The third-order valence-electron chi connectivity index (χ3n) is 7.21. The number of rotatable bonds is 7. The van der Waals surface area contributed by atoms with Gasteiger partial charge in [0.25, 0.3) is 5.91 Å². The number of halogens is 1. The fourth-order valence-corrected chi connectivity index (χ4v) is 6.18. The second-order valence-electron chi connectivity index (χ2n) is 9.72. The number of amides is 1. The SMILES string of the molecule is CC(C)N1CCC(NC(=O)C2(C(=O)O)Cc3ccccc3N2Cc2cc(-c3ccc(Cl)s3)on2)CC1. The Balaban J connectivity index is 1.42. The molecule has 1 unspecified atom stereocenters. The maximum atomic E-state index is 13.8. The molecule has 2 aromatic heterocycles. The number of hydrogen-bond donors (Lipinski definition) is 2. The van der Waals surface area contributed by atoms with Crippen LogP contribution in [0, 0.1) is 0 Å². The molecule has 0 bridgehead atoms. The number of piperidine rings is 1. The second kappa shape index (κ2) is 9.88. The fraction of sp³-hybridized carbons (Fsp3) is 0.423. The van der Waals surface area contributed by atoms with Crippen molar-refractivity contribution in [2.24, 2.45) is 0 Å². The van der Waals surface area contributed by atoms with Crippen LogP contribution in [0.5, 0.6) is 0 Å². The third-order valence-corrected chi connectivity index (χ3v) is 8.45. The summed E-state index contributed by atoms with van der Waals surface area (Å²) in [5.74, 6) is -1.11. The average molecular weight is 529 g/mol. The zero-order valence-electron chi connectivity index (χ0n) is 20.2. The second-order valence-corrected chi connectivity index (χ2v) is 11.4. The third kappa shape index (κ3) is 4.51. The van der Waals surface area contributed by atoms with E-state index in [1.807, 2.05) is 30.3 Å². The lowest BCUT2D eigenvalue weighted by atomic mass is 9.91. The smallest absolute Gasteiger partial charge is 0.339 e. The zero-order valence-corrected chi connectivity index (χ0v) is 21.8. The maximum Gasteiger partial charge on any atom is 0.339 e. The van der Waals surface area contributed by atoms with Crippen LogP contribution < -0.4 is 10.2 Å². The largest absolute Gasteiger partial charge is 0.479 e. The number of carboxylic acids is 1. The molecule has 190 valence electrons. The van der Waals surface area contributed by atoms with Crippen LogP contribution in [0.1, 0.15) is 37.9 Å². The molecular formula is C26H29ClN4O4S. The highest BCUT2D eigenvalue weighted by Gasteiger charge is 2.56. The van der Waals surface area contributed by atoms with Gasteiger partial charge in [-0.25, -0.2) is 4.79 Å². The molecule has 3 aromatic rings. The monoisotopic (exact) mass is 528 g/mol. The summed E-state index contributed by atoms with van der Waals surface area (Å²) in [6.45, 7) is 6.19. The van der Waals surface area contributed by atoms with Gasteiger partial charge in [-0.05, 0) is 50.5 Å². The number of fused-ring (bicyclic) bond motifs is 1. The van der Waals surface area contributed by atoms with Crippen LogP contribution in [-0.2, 0) is 22.6 Å². The summed E-state index contributed by atoms with van der Waals surface area (Å²) in [5, 5.41) is 17.8. The van der Waals surface area contributed by atoms with Gasteiger partial charge in [-0.2, -0.15) is 0 Å². The van der Waals surface area contributed by atoms with E-state index in [0.717, 1.165) is 36.4 Å². The first kappa shape index (κ1) is 24.8. The molecule has 1 atom stereocenters. The van der Waals surface area contributed by atoms with E-state index in [4.69, 9.17) is 16.1 Å². The van der Waals surface area contributed by atoms with Gasteiger partial charge in [0.05, 0.1) is 15.8 Å². The number of carboxylic acid groups (broad SMARTS) is 1. The van der Waals surface area contributed by atoms with Crippen LogP contribution in [0.15, 0.2) is 47.0 Å². The van der Waals surface area contributed by atoms with Crippen molar-refractivity contribution >= 4 is 40.5 Å². The maximum absolute atomic E-state index is 13.8. The molecular weight excluding hydrogens is 500 g/mol. The summed E-state index contributed by atoms with van der Waals surface area (Å²) in [7, 11) is 0. The van der Waals surface area contributed by atoms with Gasteiger partial charge in [0.15, 0.2) is 5.76 Å². The zero-order chi connectivity index (χ0) is 25.4. The number of benzene rings is 1. The molecule has 8 nitrogen and oxygen atoms in total. The molecule has 2 aliphatic heterocycles. The molecule has 1 amide bonds. The number of para-hydroxylation sites is 1. The molecule has 4 heterocycles. The number of nitrogens with one attached hydrogen (secondary N) is 1. The first-order valence-corrected chi connectivity index (χ1v) is 13.3. The van der Waals surface area contributed by atoms with Crippen LogP contribution in [0.2, 0.25) is 4.34 Å². The van der Waals surface area contributed by atoms with Crippen molar-refractivity contribution in [3.63, 3.8) is 0 Å². The number of carbonyl (C=O) groups is 2. The Hall–Kier alpha value is -2.88. The fourth-order valence-electron chi connectivity index (χ4n) is 5.19. The molecule has 5 rings (SSSR count). The summed E-state index contributed by atoms with van der Waals surface area (Å²) in [6, 6.07) is 13.2. The average Bonchev–Trinajstić information content (AvgIpc) is 3.58. The van der Waals surface area contributed by atoms with Crippen molar-refractivity contribution in [2.75, 3.05) is 18.0 Å². The molecule has 0 saturated carbocycles. The van der Waals surface area contributed by atoms with Gasteiger partial charge in [0.1, 0.15) is 5.69 Å². The van der Waals surface area contributed by atoms with Crippen LogP contribution >= 0.6 is 22.9 Å². The lowest BCUT2D eigenvalue weighted by Gasteiger charge is -2.38. The van der Waals surface area contributed by atoms with Crippen LogP contribution in [0.25, 0.3) is 10.6 Å². The van der Waals surface area contributed by atoms with Gasteiger partial charge in [-0.1, -0.05) is 35.0 Å². The summed E-state index contributed by atoms with van der Waals surface area (Å²) in [6.07, 6.45) is 1.67. The molecule has 1 fully saturated rings. The predicted octanol–water partition coefficient (Wildman–Crippen LogP) is 4.43. The minimum absolute atomic E-state index is 0.0588. The molecule has 0 radical (unpaired) electrons. The van der Waals surface area contributed by atoms with Gasteiger partial charge >= 0.3 is 5.97 Å². The number of nitrogens with zero attached hydrogens (tertiary/aromatic N) is 3. The van der Waals surface area contributed by atoms with E-state index in [1.54, 1.807) is 17.0 Å². The van der Waals surface area contributed by atoms with Gasteiger partial charge in [-0.3, -0.25) is 4.79 Å². The van der Waals surface area contributed by atoms with Gasteiger partial charge < -0.3 is 24.7 Å². The Morgan fingerprint density at radius 2 is 2.00 bits per heavy atom. The lowest BCUT2D eigenvalue weighted by Crippen LogP contribution is -2.64. The minimum atomic E-state index is -1.77. The van der Waals surface area contributed by atoms with E-state index in [-0.39, 0.29) is 19.0 Å². The van der Waals surface area contributed by atoms with Crippen molar-refractivity contribution in [1.29, 1.82) is 0 Å². The van der Waals surface area contributed by atoms with Gasteiger partial charge in [0.2, 0.25) is 5.54 Å². The Bertz CT molecular complexity index is 1270. The minimum Gasteiger partial charge on any atom is -0.479 e. The Morgan fingerprint density at radius 1 is 1.25 bits per heavy atom.